The van der Waals surface area contributed by atoms with Gasteiger partial charge in [0.05, 0.1) is 4.90 Å². The molecule has 3 rings (SSSR count). The summed E-state index contributed by atoms with van der Waals surface area (Å²) in [6, 6.07) is 13.9. The van der Waals surface area contributed by atoms with Crippen molar-refractivity contribution in [1.82, 2.24) is 4.31 Å². The zero-order valence-electron chi connectivity index (χ0n) is 16.2. The monoisotopic (exact) mass is 418 g/mol. The largest absolute Gasteiger partial charge is 0.322 e. The first kappa shape index (κ1) is 20.9. The van der Waals surface area contributed by atoms with Crippen molar-refractivity contribution in [2.45, 2.75) is 30.4 Å². The molecule has 150 valence electrons. The number of benzene rings is 2. The van der Waals surface area contributed by atoms with Gasteiger partial charge in [0.1, 0.15) is 0 Å². The van der Waals surface area contributed by atoms with Crippen LogP contribution in [0.5, 0.6) is 0 Å². The number of hydrogen-bond donors (Lipinski definition) is 1. The highest BCUT2D eigenvalue weighted by molar-refractivity contribution is 7.97. The van der Waals surface area contributed by atoms with Gasteiger partial charge in [-0.2, -0.15) is 16.1 Å². The van der Waals surface area contributed by atoms with Crippen LogP contribution < -0.4 is 5.32 Å². The van der Waals surface area contributed by atoms with Crippen molar-refractivity contribution in [3.63, 3.8) is 0 Å². The smallest absolute Gasteiger partial charge is 0.255 e. The van der Waals surface area contributed by atoms with E-state index in [2.05, 4.69) is 12.2 Å². The molecule has 2 aromatic rings. The van der Waals surface area contributed by atoms with Gasteiger partial charge in [0.25, 0.3) is 5.91 Å². The van der Waals surface area contributed by atoms with E-state index in [0.29, 0.717) is 30.3 Å². The van der Waals surface area contributed by atoms with Crippen LogP contribution in [0.2, 0.25) is 0 Å². The molecule has 0 aliphatic carbocycles. The highest BCUT2D eigenvalue weighted by atomic mass is 32.2. The minimum absolute atomic E-state index is 0.212. The lowest BCUT2D eigenvalue weighted by Crippen LogP contribution is -2.37. The van der Waals surface area contributed by atoms with Gasteiger partial charge in [-0.3, -0.25) is 4.79 Å². The molecule has 0 atom stereocenters. The van der Waals surface area contributed by atoms with Crippen molar-refractivity contribution < 1.29 is 13.2 Å². The van der Waals surface area contributed by atoms with Crippen molar-refractivity contribution in [2.24, 2.45) is 5.92 Å². The van der Waals surface area contributed by atoms with Crippen LogP contribution >= 0.6 is 11.8 Å². The van der Waals surface area contributed by atoms with Crippen molar-refractivity contribution in [1.29, 1.82) is 0 Å². The zero-order chi connectivity index (χ0) is 20.1. The Hall–Kier alpha value is -1.83. The third kappa shape index (κ3) is 4.96. The van der Waals surface area contributed by atoms with Gasteiger partial charge in [-0.05, 0) is 67.0 Å². The highest BCUT2D eigenvalue weighted by Gasteiger charge is 2.27. The molecule has 1 amide bonds. The predicted molar refractivity (Wildman–Crippen MR) is 115 cm³/mol. The van der Waals surface area contributed by atoms with Crippen LogP contribution in [-0.4, -0.2) is 38.0 Å². The molecule has 0 spiro atoms. The normalized spacial score (nSPS) is 16.1. The van der Waals surface area contributed by atoms with Gasteiger partial charge in [0, 0.05) is 30.1 Å². The molecule has 5 nitrogen and oxygen atoms in total. The van der Waals surface area contributed by atoms with E-state index in [9.17, 15) is 13.2 Å². The lowest BCUT2D eigenvalue weighted by molar-refractivity contribution is 0.102. The number of rotatable bonds is 6. The van der Waals surface area contributed by atoms with E-state index in [1.54, 1.807) is 52.5 Å². The molecule has 2 aromatic carbocycles. The molecule has 1 saturated heterocycles. The molecule has 1 heterocycles. The van der Waals surface area contributed by atoms with Crippen molar-refractivity contribution >= 4 is 33.4 Å². The number of nitrogens with one attached hydrogen (secondary N) is 1. The van der Waals surface area contributed by atoms with Crippen LogP contribution in [0.1, 0.15) is 35.7 Å². The van der Waals surface area contributed by atoms with Gasteiger partial charge in [0.15, 0.2) is 0 Å². The van der Waals surface area contributed by atoms with Crippen LogP contribution in [0.4, 0.5) is 5.69 Å². The summed E-state index contributed by atoms with van der Waals surface area (Å²) in [5.74, 6) is 1.27. The summed E-state index contributed by atoms with van der Waals surface area (Å²) >= 11 is 1.73. The first-order valence-corrected chi connectivity index (χ1v) is 12.2. The number of sulfonamides is 1. The van der Waals surface area contributed by atoms with Crippen LogP contribution in [0.25, 0.3) is 0 Å². The van der Waals surface area contributed by atoms with Crippen LogP contribution in [0.3, 0.4) is 0 Å². The summed E-state index contributed by atoms with van der Waals surface area (Å²) < 4.78 is 27.1. The average molecular weight is 419 g/mol. The maximum Gasteiger partial charge on any atom is 0.255 e. The fraction of sp³-hybridized carbons (Fsp3) is 0.381. The van der Waals surface area contributed by atoms with Gasteiger partial charge in [-0.1, -0.05) is 19.1 Å². The summed E-state index contributed by atoms with van der Waals surface area (Å²) in [5.41, 5.74) is 2.32. The molecule has 28 heavy (non-hydrogen) atoms. The van der Waals surface area contributed by atoms with Gasteiger partial charge in [0.2, 0.25) is 10.0 Å². The predicted octanol–water partition coefficient (Wildman–Crippen LogP) is 4.22. The number of piperidine rings is 1. The van der Waals surface area contributed by atoms with E-state index >= 15 is 0 Å². The maximum atomic E-state index is 12.8. The summed E-state index contributed by atoms with van der Waals surface area (Å²) in [4.78, 5) is 12.7. The van der Waals surface area contributed by atoms with E-state index in [0.717, 1.165) is 18.6 Å². The van der Waals surface area contributed by atoms with E-state index < -0.39 is 10.0 Å². The van der Waals surface area contributed by atoms with Crippen molar-refractivity contribution in [2.75, 3.05) is 24.7 Å². The summed E-state index contributed by atoms with van der Waals surface area (Å²) in [6.45, 7) is 3.28. The number of thioether (sulfide) groups is 1. The zero-order valence-corrected chi connectivity index (χ0v) is 17.9. The SMILES string of the molecule is CSCc1ccc(C(=O)Nc2ccc(S(=O)(=O)N3CCC(C)CC3)cc2)cc1. The second kappa shape index (κ2) is 9.11. The number of carbonyl (C=O) groups excluding carboxylic acids is 1. The Bertz CT molecular complexity index is 902. The molecule has 0 saturated carbocycles. The molecular formula is C21H26N2O3S2. The summed E-state index contributed by atoms with van der Waals surface area (Å²) in [7, 11) is -3.47. The number of carbonyl (C=O) groups is 1. The number of nitrogens with zero attached hydrogens (tertiary/aromatic N) is 1. The Morgan fingerprint density at radius 3 is 2.25 bits per heavy atom. The molecule has 1 aliphatic rings. The second-order valence-electron chi connectivity index (χ2n) is 7.20. The maximum absolute atomic E-state index is 12.8. The minimum atomic E-state index is -3.47. The Morgan fingerprint density at radius 1 is 1.07 bits per heavy atom. The Morgan fingerprint density at radius 2 is 1.68 bits per heavy atom. The third-order valence-electron chi connectivity index (χ3n) is 5.02. The van der Waals surface area contributed by atoms with E-state index in [1.807, 2.05) is 18.4 Å². The van der Waals surface area contributed by atoms with E-state index in [4.69, 9.17) is 0 Å². The Kier molecular flexibility index (Phi) is 6.80. The van der Waals surface area contributed by atoms with E-state index in [-0.39, 0.29) is 10.8 Å². The molecule has 1 N–H and O–H groups in total. The molecule has 1 aliphatic heterocycles. The van der Waals surface area contributed by atoms with Crippen molar-refractivity contribution in [3.05, 3.63) is 59.7 Å². The first-order chi connectivity index (χ1) is 13.4. The number of hydrogen-bond acceptors (Lipinski definition) is 4. The van der Waals surface area contributed by atoms with Crippen molar-refractivity contribution in [3.8, 4) is 0 Å². The Balaban J connectivity index is 1.66. The van der Waals surface area contributed by atoms with Crippen LogP contribution in [0.15, 0.2) is 53.4 Å². The fourth-order valence-corrected chi connectivity index (χ4v) is 5.20. The quantitative estimate of drug-likeness (QED) is 0.763. The van der Waals surface area contributed by atoms with Gasteiger partial charge >= 0.3 is 0 Å². The topological polar surface area (TPSA) is 66.5 Å². The molecule has 0 radical (unpaired) electrons. The summed E-state index contributed by atoms with van der Waals surface area (Å²) in [6.07, 6.45) is 3.82. The standard InChI is InChI=1S/C21H26N2O3S2/c1-16-11-13-23(14-12-16)28(25,26)20-9-7-19(8-10-20)22-21(24)18-5-3-17(4-6-18)15-27-2/h3-10,16H,11-15H2,1-2H3,(H,22,24). The minimum Gasteiger partial charge on any atom is -0.322 e. The van der Waals surface area contributed by atoms with Gasteiger partial charge in [-0.15, -0.1) is 0 Å². The number of anilines is 1. The second-order valence-corrected chi connectivity index (χ2v) is 10.00. The average Bonchev–Trinajstić information content (AvgIpc) is 2.69. The molecular weight excluding hydrogens is 392 g/mol. The lowest BCUT2D eigenvalue weighted by atomic mass is 10.0. The molecule has 7 heteroatoms. The lowest BCUT2D eigenvalue weighted by Gasteiger charge is -2.29. The third-order valence-corrected chi connectivity index (χ3v) is 7.55. The fourth-order valence-electron chi connectivity index (χ4n) is 3.21. The number of amides is 1. The molecule has 1 fully saturated rings. The molecule has 0 aromatic heterocycles. The highest BCUT2D eigenvalue weighted by Crippen LogP contribution is 2.24. The first-order valence-electron chi connectivity index (χ1n) is 9.39. The molecule has 0 bridgehead atoms. The van der Waals surface area contributed by atoms with Gasteiger partial charge in [-0.25, -0.2) is 8.42 Å². The Labute approximate surface area is 171 Å². The van der Waals surface area contributed by atoms with Gasteiger partial charge < -0.3 is 5.32 Å². The van der Waals surface area contributed by atoms with E-state index in [1.165, 1.54) is 5.56 Å². The molecule has 0 unspecified atom stereocenters. The van der Waals surface area contributed by atoms with Crippen LogP contribution in [-0.2, 0) is 15.8 Å². The summed E-state index contributed by atoms with van der Waals surface area (Å²) in [5, 5.41) is 2.82. The van der Waals surface area contributed by atoms with Crippen LogP contribution in [0, 0.1) is 5.92 Å².